The van der Waals surface area contributed by atoms with Crippen LogP contribution in [-0.4, -0.2) is 70.9 Å². The summed E-state index contributed by atoms with van der Waals surface area (Å²) in [5, 5.41) is 24.8. The second-order valence-electron chi connectivity index (χ2n) is 5.90. The summed E-state index contributed by atoms with van der Waals surface area (Å²) >= 11 is 3.95. The van der Waals surface area contributed by atoms with E-state index < -0.39 is 55.0 Å². The van der Waals surface area contributed by atoms with Gasteiger partial charge in [-0.2, -0.15) is 12.6 Å². The van der Waals surface area contributed by atoms with E-state index in [0.717, 1.165) is 5.56 Å². The fourth-order valence-electron chi connectivity index (χ4n) is 2.17. The summed E-state index contributed by atoms with van der Waals surface area (Å²) in [6.07, 6.45) is 0.118. The quantitative estimate of drug-likeness (QED) is 0.199. The van der Waals surface area contributed by atoms with Gasteiger partial charge < -0.3 is 31.9 Å². The van der Waals surface area contributed by atoms with Gasteiger partial charge in [0.15, 0.2) is 0 Å². The highest BCUT2D eigenvalue weighted by molar-refractivity contribution is 7.80. The highest BCUT2D eigenvalue weighted by Gasteiger charge is 2.28. The fourth-order valence-corrected chi connectivity index (χ4v) is 2.34. The highest BCUT2D eigenvalue weighted by Crippen LogP contribution is 2.04. The lowest BCUT2D eigenvalue weighted by Crippen LogP contribution is -2.57. The standard InChI is InChI=1S/C17H24N4O6S/c18-11(9-28)15(25)20-12(6-10-4-2-1-3-5-10)17(27)21-13(8-22)16(26)19-7-14(23)24/h1-5,11-13,22,28H,6-9,18H2,(H,19,26)(H,20,25)(H,21,27)(H,23,24). The molecule has 0 spiro atoms. The smallest absolute Gasteiger partial charge is 0.322 e. The van der Waals surface area contributed by atoms with Gasteiger partial charge in [-0.05, 0) is 5.56 Å². The zero-order valence-electron chi connectivity index (χ0n) is 15.0. The molecule has 3 atom stereocenters. The van der Waals surface area contributed by atoms with Gasteiger partial charge in [-0.3, -0.25) is 19.2 Å². The number of thiol groups is 1. The van der Waals surface area contributed by atoms with Crippen LogP contribution in [0.3, 0.4) is 0 Å². The Labute approximate surface area is 167 Å². The molecule has 1 aromatic carbocycles. The van der Waals surface area contributed by atoms with E-state index in [-0.39, 0.29) is 12.2 Å². The van der Waals surface area contributed by atoms with E-state index in [1.54, 1.807) is 30.3 Å². The van der Waals surface area contributed by atoms with Crippen molar-refractivity contribution < 1.29 is 29.4 Å². The van der Waals surface area contributed by atoms with Gasteiger partial charge in [-0.1, -0.05) is 30.3 Å². The Morgan fingerprint density at radius 1 is 1.00 bits per heavy atom. The topological polar surface area (TPSA) is 171 Å². The third-order valence-corrected chi connectivity index (χ3v) is 4.07. The molecule has 0 saturated heterocycles. The van der Waals surface area contributed by atoms with Crippen LogP contribution in [0.15, 0.2) is 30.3 Å². The molecular formula is C17H24N4O6S. The molecule has 0 saturated carbocycles. The molecular weight excluding hydrogens is 388 g/mol. The monoisotopic (exact) mass is 412 g/mol. The van der Waals surface area contributed by atoms with Crippen molar-refractivity contribution in [1.29, 1.82) is 0 Å². The first-order valence-corrected chi connectivity index (χ1v) is 9.03. The minimum atomic E-state index is -1.37. The van der Waals surface area contributed by atoms with Gasteiger partial charge in [0, 0.05) is 12.2 Å². The van der Waals surface area contributed by atoms with E-state index in [2.05, 4.69) is 28.6 Å². The lowest BCUT2D eigenvalue weighted by atomic mass is 10.0. The van der Waals surface area contributed by atoms with Crippen molar-refractivity contribution in [2.75, 3.05) is 18.9 Å². The van der Waals surface area contributed by atoms with Gasteiger partial charge >= 0.3 is 5.97 Å². The number of nitrogens with two attached hydrogens (primary N) is 1. The number of hydrogen-bond acceptors (Lipinski definition) is 7. The Bertz CT molecular complexity index is 687. The molecule has 0 aromatic heterocycles. The van der Waals surface area contributed by atoms with Crippen LogP contribution in [-0.2, 0) is 25.6 Å². The van der Waals surface area contributed by atoms with Gasteiger partial charge in [0.2, 0.25) is 17.7 Å². The molecule has 0 aliphatic rings. The predicted molar refractivity (Wildman–Crippen MR) is 104 cm³/mol. The lowest BCUT2D eigenvalue weighted by Gasteiger charge is -2.23. The number of carboxylic acid groups (broad SMARTS) is 1. The van der Waals surface area contributed by atoms with Crippen molar-refractivity contribution in [1.82, 2.24) is 16.0 Å². The Morgan fingerprint density at radius 3 is 2.14 bits per heavy atom. The predicted octanol–water partition coefficient (Wildman–Crippen LogP) is -2.35. The summed E-state index contributed by atoms with van der Waals surface area (Å²) in [7, 11) is 0. The molecule has 0 fully saturated rings. The molecule has 7 N–H and O–H groups in total. The minimum absolute atomic E-state index is 0.0718. The van der Waals surface area contributed by atoms with Crippen LogP contribution < -0.4 is 21.7 Å². The molecule has 10 nitrogen and oxygen atoms in total. The second-order valence-corrected chi connectivity index (χ2v) is 6.26. The first-order chi connectivity index (χ1) is 13.3. The number of benzene rings is 1. The number of carbonyl (C=O) groups excluding carboxylic acids is 3. The molecule has 3 unspecified atom stereocenters. The molecule has 1 aromatic rings. The SMILES string of the molecule is NC(CS)C(=O)NC(Cc1ccccc1)C(=O)NC(CO)C(=O)NCC(=O)O. The highest BCUT2D eigenvalue weighted by atomic mass is 32.1. The average molecular weight is 412 g/mol. The van der Waals surface area contributed by atoms with Crippen LogP contribution in [0.25, 0.3) is 0 Å². The van der Waals surface area contributed by atoms with Gasteiger partial charge in [0.05, 0.1) is 12.6 Å². The molecule has 0 radical (unpaired) electrons. The first kappa shape index (κ1) is 23.4. The number of nitrogens with one attached hydrogen (secondary N) is 3. The van der Waals surface area contributed by atoms with Crippen molar-refractivity contribution >= 4 is 36.3 Å². The molecule has 3 amide bonds. The maximum Gasteiger partial charge on any atom is 0.322 e. The molecule has 0 bridgehead atoms. The number of aliphatic carboxylic acids is 1. The maximum absolute atomic E-state index is 12.6. The summed E-state index contributed by atoms with van der Waals surface area (Å²) in [5.74, 6) is -3.39. The van der Waals surface area contributed by atoms with Gasteiger partial charge in [0.1, 0.15) is 18.6 Å². The number of rotatable bonds is 11. The van der Waals surface area contributed by atoms with Crippen LogP contribution >= 0.6 is 12.6 Å². The Hall–Kier alpha value is -2.63. The number of aliphatic hydroxyl groups excluding tert-OH is 1. The summed E-state index contributed by atoms with van der Waals surface area (Å²) in [6, 6.07) is 5.47. The normalized spacial score (nSPS) is 13.7. The van der Waals surface area contributed by atoms with Gasteiger partial charge in [0.25, 0.3) is 0 Å². The lowest BCUT2D eigenvalue weighted by molar-refractivity contribution is -0.138. The number of carboxylic acids is 1. The summed E-state index contributed by atoms with van der Waals surface area (Å²) in [6.45, 7) is -1.41. The van der Waals surface area contributed by atoms with E-state index in [0.29, 0.717) is 0 Å². The van der Waals surface area contributed by atoms with E-state index in [1.165, 1.54) is 0 Å². The van der Waals surface area contributed by atoms with E-state index >= 15 is 0 Å². The molecule has 1 rings (SSSR count). The molecule has 0 aliphatic heterocycles. The molecule has 154 valence electrons. The molecule has 0 aliphatic carbocycles. The second kappa shape index (κ2) is 12.0. The first-order valence-electron chi connectivity index (χ1n) is 8.40. The van der Waals surface area contributed by atoms with E-state index in [1.807, 2.05) is 0 Å². The van der Waals surface area contributed by atoms with Crippen molar-refractivity contribution in [2.24, 2.45) is 5.73 Å². The van der Waals surface area contributed by atoms with Crippen LogP contribution in [0.1, 0.15) is 5.56 Å². The maximum atomic E-state index is 12.6. The average Bonchev–Trinajstić information content (AvgIpc) is 2.69. The Kier molecular flexibility index (Phi) is 9.99. The third-order valence-electron chi connectivity index (χ3n) is 3.68. The van der Waals surface area contributed by atoms with Crippen molar-refractivity contribution in [3.05, 3.63) is 35.9 Å². The summed E-state index contributed by atoms with van der Waals surface area (Å²) in [4.78, 5) is 47.1. The summed E-state index contributed by atoms with van der Waals surface area (Å²) < 4.78 is 0. The van der Waals surface area contributed by atoms with Crippen molar-refractivity contribution in [2.45, 2.75) is 24.5 Å². The van der Waals surface area contributed by atoms with Gasteiger partial charge in [-0.15, -0.1) is 0 Å². The summed E-state index contributed by atoms with van der Waals surface area (Å²) in [5.41, 5.74) is 6.37. The Morgan fingerprint density at radius 2 is 1.61 bits per heavy atom. The van der Waals surface area contributed by atoms with Crippen LogP contribution in [0, 0.1) is 0 Å². The zero-order chi connectivity index (χ0) is 21.1. The minimum Gasteiger partial charge on any atom is -0.480 e. The molecule has 0 heterocycles. The van der Waals surface area contributed by atoms with E-state index in [9.17, 15) is 24.3 Å². The third kappa shape index (κ3) is 7.94. The number of hydrogen-bond donors (Lipinski definition) is 7. The van der Waals surface area contributed by atoms with Crippen LogP contribution in [0.4, 0.5) is 0 Å². The Balaban J connectivity index is 2.87. The molecule has 11 heteroatoms. The number of carbonyl (C=O) groups is 4. The van der Waals surface area contributed by atoms with E-state index in [4.69, 9.17) is 10.8 Å². The number of amides is 3. The largest absolute Gasteiger partial charge is 0.480 e. The van der Waals surface area contributed by atoms with Crippen molar-refractivity contribution in [3.8, 4) is 0 Å². The van der Waals surface area contributed by atoms with Crippen LogP contribution in [0.2, 0.25) is 0 Å². The fraction of sp³-hybridized carbons (Fsp3) is 0.412. The number of aliphatic hydroxyl groups is 1. The zero-order valence-corrected chi connectivity index (χ0v) is 15.9. The molecule has 28 heavy (non-hydrogen) atoms. The van der Waals surface area contributed by atoms with Gasteiger partial charge in [-0.25, -0.2) is 0 Å². The van der Waals surface area contributed by atoms with Crippen molar-refractivity contribution in [3.63, 3.8) is 0 Å². The van der Waals surface area contributed by atoms with Crippen LogP contribution in [0.5, 0.6) is 0 Å².